The average Bonchev–Trinajstić information content (AvgIpc) is 2.16. The standard InChI is InChI=1S/C10H13NO4/c1-3-15-10(13)9-7(11)4-6(14-2)5-8(9)12/h4-5,12H,3,11H2,1-2H3. The van der Waals surface area contributed by atoms with E-state index in [1.54, 1.807) is 6.92 Å². The highest BCUT2D eigenvalue weighted by molar-refractivity contribution is 5.98. The van der Waals surface area contributed by atoms with Crippen LogP contribution in [0.1, 0.15) is 17.3 Å². The highest BCUT2D eigenvalue weighted by Gasteiger charge is 2.17. The normalized spacial score (nSPS) is 9.73. The number of methoxy groups -OCH3 is 1. The SMILES string of the molecule is CCOC(=O)c1c(N)cc(OC)cc1O. The van der Waals surface area contributed by atoms with Crippen molar-refractivity contribution in [2.45, 2.75) is 6.92 Å². The minimum atomic E-state index is -0.643. The van der Waals surface area contributed by atoms with Crippen molar-refractivity contribution in [3.8, 4) is 11.5 Å². The van der Waals surface area contributed by atoms with Gasteiger partial charge in [0, 0.05) is 12.1 Å². The zero-order valence-corrected chi connectivity index (χ0v) is 8.61. The fourth-order valence-electron chi connectivity index (χ4n) is 1.17. The molecule has 0 saturated heterocycles. The number of benzene rings is 1. The van der Waals surface area contributed by atoms with Crippen molar-refractivity contribution in [2.75, 3.05) is 19.5 Å². The van der Waals surface area contributed by atoms with E-state index in [2.05, 4.69) is 0 Å². The molecule has 0 atom stereocenters. The van der Waals surface area contributed by atoms with Gasteiger partial charge in [-0.2, -0.15) is 0 Å². The van der Waals surface area contributed by atoms with Crippen molar-refractivity contribution in [1.82, 2.24) is 0 Å². The van der Waals surface area contributed by atoms with Crippen LogP contribution in [0, 0.1) is 0 Å². The first kappa shape index (κ1) is 11.2. The van der Waals surface area contributed by atoms with E-state index < -0.39 is 5.97 Å². The summed E-state index contributed by atoms with van der Waals surface area (Å²) in [5.74, 6) is -0.501. The molecule has 0 unspecified atom stereocenters. The van der Waals surface area contributed by atoms with Crippen molar-refractivity contribution in [3.63, 3.8) is 0 Å². The van der Waals surface area contributed by atoms with Crippen LogP contribution in [0.4, 0.5) is 5.69 Å². The molecule has 82 valence electrons. The summed E-state index contributed by atoms with van der Waals surface area (Å²) < 4.78 is 9.62. The summed E-state index contributed by atoms with van der Waals surface area (Å²) in [6, 6.07) is 2.76. The summed E-state index contributed by atoms with van der Waals surface area (Å²) in [6.07, 6.45) is 0. The van der Waals surface area contributed by atoms with Crippen LogP contribution in [0.2, 0.25) is 0 Å². The molecule has 15 heavy (non-hydrogen) atoms. The number of nitrogen functional groups attached to an aromatic ring is 1. The number of nitrogens with two attached hydrogens (primary N) is 1. The Hall–Kier alpha value is -1.91. The van der Waals surface area contributed by atoms with Crippen molar-refractivity contribution >= 4 is 11.7 Å². The van der Waals surface area contributed by atoms with Gasteiger partial charge in [0.2, 0.25) is 0 Å². The van der Waals surface area contributed by atoms with Crippen molar-refractivity contribution in [2.24, 2.45) is 0 Å². The van der Waals surface area contributed by atoms with E-state index in [4.69, 9.17) is 15.2 Å². The van der Waals surface area contributed by atoms with E-state index in [0.717, 1.165) is 0 Å². The minimum Gasteiger partial charge on any atom is -0.507 e. The first-order valence-corrected chi connectivity index (χ1v) is 4.43. The van der Waals surface area contributed by atoms with Crippen LogP contribution in [0.15, 0.2) is 12.1 Å². The van der Waals surface area contributed by atoms with Gasteiger partial charge in [-0.15, -0.1) is 0 Å². The largest absolute Gasteiger partial charge is 0.507 e. The second-order valence-electron chi connectivity index (χ2n) is 2.83. The van der Waals surface area contributed by atoms with Gasteiger partial charge in [-0.05, 0) is 6.92 Å². The van der Waals surface area contributed by atoms with Crippen LogP contribution in [-0.2, 0) is 4.74 Å². The highest BCUT2D eigenvalue weighted by atomic mass is 16.5. The summed E-state index contributed by atoms with van der Waals surface area (Å²) in [5.41, 5.74) is 5.69. The molecule has 0 radical (unpaired) electrons. The predicted octanol–water partition coefficient (Wildman–Crippen LogP) is 1.16. The van der Waals surface area contributed by atoms with Gasteiger partial charge in [0.15, 0.2) is 0 Å². The summed E-state index contributed by atoms with van der Waals surface area (Å²) in [7, 11) is 1.44. The lowest BCUT2D eigenvalue weighted by atomic mass is 10.1. The third-order valence-electron chi connectivity index (χ3n) is 1.84. The van der Waals surface area contributed by atoms with E-state index in [1.165, 1.54) is 19.2 Å². The number of carbonyl (C=O) groups is 1. The number of aromatic hydroxyl groups is 1. The molecule has 0 aliphatic carbocycles. The Bertz CT molecular complexity index is 353. The van der Waals surface area contributed by atoms with Gasteiger partial charge in [-0.1, -0.05) is 0 Å². The van der Waals surface area contributed by atoms with Crippen LogP contribution in [0.5, 0.6) is 11.5 Å². The lowest BCUT2D eigenvalue weighted by Crippen LogP contribution is -2.08. The Morgan fingerprint density at radius 2 is 2.20 bits per heavy atom. The predicted molar refractivity (Wildman–Crippen MR) is 55.0 cm³/mol. The smallest absolute Gasteiger partial charge is 0.344 e. The fourth-order valence-corrected chi connectivity index (χ4v) is 1.17. The summed E-state index contributed by atoms with van der Waals surface area (Å²) >= 11 is 0. The molecule has 1 rings (SSSR count). The molecular formula is C10H13NO4. The summed E-state index contributed by atoms with van der Waals surface area (Å²) in [5, 5.41) is 9.54. The molecule has 0 spiro atoms. The molecule has 0 aliphatic heterocycles. The topological polar surface area (TPSA) is 81.8 Å². The molecule has 0 bridgehead atoms. The maximum Gasteiger partial charge on any atom is 0.344 e. The molecule has 0 aliphatic rings. The monoisotopic (exact) mass is 211 g/mol. The Morgan fingerprint density at radius 3 is 2.67 bits per heavy atom. The number of ether oxygens (including phenoxy) is 2. The number of anilines is 1. The number of hydrogen-bond acceptors (Lipinski definition) is 5. The molecule has 0 amide bonds. The quantitative estimate of drug-likeness (QED) is 0.579. The van der Waals surface area contributed by atoms with Crippen LogP contribution >= 0.6 is 0 Å². The number of phenolic OH excluding ortho intramolecular Hbond substituents is 1. The second kappa shape index (κ2) is 4.54. The fraction of sp³-hybridized carbons (Fsp3) is 0.300. The van der Waals surface area contributed by atoms with E-state index in [1.807, 2.05) is 0 Å². The third-order valence-corrected chi connectivity index (χ3v) is 1.84. The Labute approximate surface area is 87.4 Å². The van der Waals surface area contributed by atoms with Gasteiger partial charge < -0.3 is 20.3 Å². The Morgan fingerprint density at radius 1 is 1.53 bits per heavy atom. The second-order valence-corrected chi connectivity index (χ2v) is 2.83. The van der Waals surface area contributed by atoms with Gasteiger partial charge in [0.05, 0.1) is 19.4 Å². The van der Waals surface area contributed by atoms with E-state index in [9.17, 15) is 9.90 Å². The number of hydrogen-bond donors (Lipinski definition) is 2. The van der Waals surface area contributed by atoms with Crippen LogP contribution in [0.3, 0.4) is 0 Å². The maximum absolute atomic E-state index is 11.4. The molecule has 5 heteroatoms. The first-order chi connectivity index (χ1) is 7.10. The van der Waals surface area contributed by atoms with E-state index in [-0.39, 0.29) is 23.6 Å². The van der Waals surface area contributed by atoms with E-state index >= 15 is 0 Å². The van der Waals surface area contributed by atoms with Crippen LogP contribution in [0.25, 0.3) is 0 Å². The highest BCUT2D eigenvalue weighted by Crippen LogP contribution is 2.30. The van der Waals surface area contributed by atoms with E-state index in [0.29, 0.717) is 5.75 Å². The van der Waals surface area contributed by atoms with Gasteiger partial charge in [0.25, 0.3) is 0 Å². The lowest BCUT2D eigenvalue weighted by molar-refractivity contribution is 0.0524. The molecule has 3 N–H and O–H groups in total. The average molecular weight is 211 g/mol. The number of rotatable bonds is 3. The van der Waals surface area contributed by atoms with Crippen molar-refractivity contribution in [1.29, 1.82) is 0 Å². The van der Waals surface area contributed by atoms with Crippen molar-refractivity contribution < 1.29 is 19.4 Å². The Kier molecular flexibility index (Phi) is 3.38. The van der Waals surface area contributed by atoms with Gasteiger partial charge in [-0.3, -0.25) is 0 Å². The minimum absolute atomic E-state index is 0.0300. The van der Waals surface area contributed by atoms with Crippen molar-refractivity contribution in [3.05, 3.63) is 17.7 Å². The third kappa shape index (κ3) is 2.31. The molecule has 1 aromatic rings. The molecule has 0 heterocycles. The molecular weight excluding hydrogens is 198 g/mol. The zero-order valence-electron chi connectivity index (χ0n) is 8.61. The van der Waals surface area contributed by atoms with Crippen LogP contribution in [-0.4, -0.2) is 24.8 Å². The molecule has 1 aromatic carbocycles. The Balaban J connectivity index is 3.13. The molecule has 0 saturated carbocycles. The van der Waals surface area contributed by atoms with Gasteiger partial charge in [-0.25, -0.2) is 4.79 Å². The number of carbonyl (C=O) groups excluding carboxylic acids is 1. The number of phenols is 1. The first-order valence-electron chi connectivity index (χ1n) is 4.43. The van der Waals surface area contributed by atoms with Gasteiger partial charge in [0.1, 0.15) is 17.1 Å². The summed E-state index contributed by atoms with van der Waals surface area (Å²) in [4.78, 5) is 11.4. The number of esters is 1. The maximum atomic E-state index is 11.4. The zero-order chi connectivity index (χ0) is 11.4. The summed E-state index contributed by atoms with van der Waals surface area (Å²) in [6.45, 7) is 1.90. The van der Waals surface area contributed by atoms with Gasteiger partial charge >= 0.3 is 5.97 Å². The lowest BCUT2D eigenvalue weighted by Gasteiger charge is -2.09. The van der Waals surface area contributed by atoms with Crippen LogP contribution < -0.4 is 10.5 Å². The molecule has 0 fully saturated rings. The molecule has 0 aromatic heterocycles. The molecule has 5 nitrogen and oxygen atoms in total.